The third-order valence-electron chi connectivity index (χ3n) is 6.25. The Morgan fingerprint density at radius 1 is 1.00 bits per heavy atom. The van der Waals surface area contributed by atoms with E-state index >= 15 is 0 Å². The van der Waals surface area contributed by atoms with Crippen LogP contribution in [-0.4, -0.2) is 42.0 Å². The van der Waals surface area contributed by atoms with E-state index in [1.54, 1.807) is 0 Å². The highest BCUT2D eigenvalue weighted by Crippen LogP contribution is 2.41. The van der Waals surface area contributed by atoms with Crippen LogP contribution in [-0.2, 0) is 0 Å². The molecule has 1 aliphatic rings. The Hall–Kier alpha value is -2.04. The van der Waals surface area contributed by atoms with Gasteiger partial charge in [-0.05, 0) is 43.1 Å². The van der Waals surface area contributed by atoms with E-state index < -0.39 is 6.23 Å². The molecule has 3 atom stereocenters. The molecule has 0 amide bonds. The summed E-state index contributed by atoms with van der Waals surface area (Å²) in [6, 6.07) is 18.6. The van der Waals surface area contributed by atoms with Crippen LogP contribution in [0.5, 0.6) is 5.75 Å². The molecular formula is C26H38N2O2. The standard InChI is InChI=1S/C26H38N2O2/c1-5-27(6-2)23(17-12-13-20(3)4)26(29)28-22-16-10-11-18-25(22)30-19-24(28)21-14-8-7-9-15-21/h7-11,14-16,18,20,23-24,26,29H,5-6,12-13,17,19H2,1-4H3. The third kappa shape index (κ3) is 5.16. The fraction of sp³-hybridized carbons (Fsp3) is 0.538. The van der Waals surface area contributed by atoms with E-state index in [-0.39, 0.29) is 12.1 Å². The number of ether oxygens (including phenoxy) is 1. The SMILES string of the molecule is CCN(CC)C(CCCC(C)C)C(O)N1c2ccccc2OCC1c1ccccc1. The number of nitrogens with zero attached hydrogens (tertiary/aromatic N) is 2. The molecule has 0 aliphatic carbocycles. The van der Waals surface area contributed by atoms with Crippen LogP contribution in [0.2, 0.25) is 0 Å². The minimum atomic E-state index is -0.604. The van der Waals surface area contributed by atoms with Gasteiger partial charge < -0.3 is 14.7 Å². The van der Waals surface area contributed by atoms with Crippen LogP contribution >= 0.6 is 0 Å². The summed E-state index contributed by atoms with van der Waals surface area (Å²) < 4.78 is 6.11. The molecule has 0 aromatic heterocycles. The maximum absolute atomic E-state index is 11.8. The quantitative estimate of drug-likeness (QED) is 0.562. The highest BCUT2D eigenvalue weighted by molar-refractivity contribution is 5.62. The average molecular weight is 411 g/mol. The molecule has 30 heavy (non-hydrogen) atoms. The van der Waals surface area contributed by atoms with E-state index in [4.69, 9.17) is 4.74 Å². The lowest BCUT2D eigenvalue weighted by molar-refractivity contribution is 0.0324. The van der Waals surface area contributed by atoms with Crippen molar-refractivity contribution < 1.29 is 9.84 Å². The molecule has 4 heteroatoms. The van der Waals surface area contributed by atoms with Crippen LogP contribution in [0.1, 0.15) is 58.6 Å². The summed E-state index contributed by atoms with van der Waals surface area (Å²) in [5.74, 6) is 1.53. The van der Waals surface area contributed by atoms with Gasteiger partial charge in [0, 0.05) is 0 Å². The zero-order chi connectivity index (χ0) is 21.5. The first-order chi connectivity index (χ1) is 14.6. The first-order valence-corrected chi connectivity index (χ1v) is 11.5. The number of aliphatic hydroxyl groups excluding tert-OH is 1. The number of hydrogen-bond acceptors (Lipinski definition) is 4. The molecule has 1 heterocycles. The fourth-order valence-corrected chi connectivity index (χ4v) is 4.60. The number of aliphatic hydroxyl groups is 1. The number of fused-ring (bicyclic) bond motifs is 1. The molecule has 0 saturated heterocycles. The van der Waals surface area contributed by atoms with E-state index in [1.807, 2.05) is 24.3 Å². The zero-order valence-electron chi connectivity index (χ0n) is 19.0. The summed E-state index contributed by atoms with van der Waals surface area (Å²) in [6.07, 6.45) is 2.69. The molecular weight excluding hydrogens is 372 g/mol. The van der Waals surface area contributed by atoms with E-state index in [1.165, 1.54) is 12.0 Å². The van der Waals surface area contributed by atoms with Crippen molar-refractivity contribution in [3.8, 4) is 5.75 Å². The highest BCUT2D eigenvalue weighted by atomic mass is 16.5. The van der Waals surface area contributed by atoms with Gasteiger partial charge in [-0.3, -0.25) is 4.90 Å². The normalized spacial score (nSPS) is 18.2. The lowest BCUT2D eigenvalue weighted by Crippen LogP contribution is -2.55. The molecule has 3 unspecified atom stereocenters. The number of hydrogen-bond donors (Lipinski definition) is 1. The summed E-state index contributed by atoms with van der Waals surface area (Å²) >= 11 is 0. The smallest absolute Gasteiger partial charge is 0.143 e. The molecule has 1 aliphatic heterocycles. The summed E-state index contributed by atoms with van der Waals surface area (Å²) in [4.78, 5) is 4.61. The van der Waals surface area contributed by atoms with Gasteiger partial charge in [0.25, 0.3) is 0 Å². The van der Waals surface area contributed by atoms with Crippen molar-refractivity contribution in [2.24, 2.45) is 5.92 Å². The molecule has 3 rings (SSSR count). The van der Waals surface area contributed by atoms with Gasteiger partial charge in [-0.25, -0.2) is 0 Å². The van der Waals surface area contributed by atoms with Crippen molar-refractivity contribution in [2.75, 3.05) is 24.6 Å². The van der Waals surface area contributed by atoms with Gasteiger partial charge in [0.2, 0.25) is 0 Å². The van der Waals surface area contributed by atoms with Gasteiger partial charge in [0.05, 0.1) is 17.8 Å². The molecule has 0 saturated carbocycles. The van der Waals surface area contributed by atoms with Crippen LogP contribution in [0.4, 0.5) is 5.69 Å². The molecule has 2 aromatic carbocycles. The van der Waals surface area contributed by atoms with Crippen molar-refractivity contribution in [3.05, 3.63) is 60.2 Å². The van der Waals surface area contributed by atoms with Crippen LogP contribution in [0.15, 0.2) is 54.6 Å². The van der Waals surface area contributed by atoms with Crippen LogP contribution in [0.3, 0.4) is 0 Å². The second kappa shape index (κ2) is 10.8. The number of benzene rings is 2. The van der Waals surface area contributed by atoms with Gasteiger partial charge in [-0.15, -0.1) is 0 Å². The van der Waals surface area contributed by atoms with E-state index in [0.717, 1.165) is 37.4 Å². The molecule has 1 N–H and O–H groups in total. The molecule has 0 fully saturated rings. The van der Waals surface area contributed by atoms with E-state index in [2.05, 4.69) is 67.8 Å². The fourth-order valence-electron chi connectivity index (χ4n) is 4.60. The number of para-hydroxylation sites is 2. The maximum Gasteiger partial charge on any atom is 0.143 e. The third-order valence-corrected chi connectivity index (χ3v) is 6.25. The topological polar surface area (TPSA) is 35.9 Å². The zero-order valence-corrected chi connectivity index (χ0v) is 19.0. The number of anilines is 1. The average Bonchev–Trinajstić information content (AvgIpc) is 2.78. The first-order valence-electron chi connectivity index (χ1n) is 11.5. The van der Waals surface area contributed by atoms with Gasteiger partial charge in [-0.1, -0.05) is 83.0 Å². The predicted molar refractivity (Wildman–Crippen MR) is 125 cm³/mol. The maximum atomic E-state index is 11.8. The minimum Gasteiger partial charge on any atom is -0.489 e. The number of rotatable bonds is 10. The predicted octanol–water partition coefficient (Wildman–Crippen LogP) is 5.48. The largest absolute Gasteiger partial charge is 0.489 e. The van der Waals surface area contributed by atoms with Gasteiger partial charge in [0.1, 0.15) is 18.6 Å². The molecule has 0 radical (unpaired) electrons. The van der Waals surface area contributed by atoms with Gasteiger partial charge in [-0.2, -0.15) is 0 Å². The Bertz CT molecular complexity index is 761. The summed E-state index contributed by atoms with van der Waals surface area (Å²) in [5.41, 5.74) is 2.15. The van der Waals surface area contributed by atoms with Crippen molar-refractivity contribution >= 4 is 5.69 Å². The molecule has 2 aromatic rings. The van der Waals surface area contributed by atoms with Crippen LogP contribution < -0.4 is 9.64 Å². The van der Waals surface area contributed by atoms with Crippen LogP contribution in [0, 0.1) is 5.92 Å². The van der Waals surface area contributed by atoms with Crippen molar-refractivity contribution in [1.29, 1.82) is 0 Å². The van der Waals surface area contributed by atoms with Crippen molar-refractivity contribution in [3.63, 3.8) is 0 Å². The van der Waals surface area contributed by atoms with Crippen molar-refractivity contribution in [2.45, 2.75) is 65.3 Å². The lowest BCUT2D eigenvalue weighted by Gasteiger charge is -2.46. The Balaban J connectivity index is 1.96. The highest BCUT2D eigenvalue weighted by Gasteiger charge is 2.38. The molecule has 0 spiro atoms. The second-order valence-electron chi connectivity index (χ2n) is 8.64. The van der Waals surface area contributed by atoms with Crippen LogP contribution in [0.25, 0.3) is 0 Å². The molecule has 0 bridgehead atoms. The summed E-state index contributed by atoms with van der Waals surface area (Å²) in [5, 5.41) is 11.8. The molecule has 164 valence electrons. The van der Waals surface area contributed by atoms with Gasteiger partial charge >= 0.3 is 0 Å². The summed E-state index contributed by atoms with van der Waals surface area (Å²) in [7, 11) is 0. The second-order valence-corrected chi connectivity index (χ2v) is 8.64. The first kappa shape index (κ1) is 22.6. The molecule has 4 nitrogen and oxygen atoms in total. The Kier molecular flexibility index (Phi) is 8.17. The number of likely N-dealkylation sites (N-methyl/N-ethyl adjacent to an activating group) is 1. The Morgan fingerprint density at radius 2 is 1.67 bits per heavy atom. The van der Waals surface area contributed by atoms with Crippen molar-refractivity contribution in [1.82, 2.24) is 4.90 Å². The van der Waals surface area contributed by atoms with E-state index in [9.17, 15) is 5.11 Å². The van der Waals surface area contributed by atoms with Gasteiger partial charge in [0.15, 0.2) is 0 Å². The minimum absolute atomic E-state index is 0.0146. The summed E-state index contributed by atoms with van der Waals surface area (Å²) in [6.45, 7) is 11.3. The van der Waals surface area contributed by atoms with E-state index in [0.29, 0.717) is 12.5 Å². The Labute approximate surface area is 182 Å². The lowest BCUT2D eigenvalue weighted by atomic mass is 9.97. The monoisotopic (exact) mass is 410 g/mol. The Morgan fingerprint density at radius 3 is 2.33 bits per heavy atom.